The van der Waals surface area contributed by atoms with E-state index in [-0.39, 0.29) is 31.7 Å². The number of phosphoric ester groups is 1. The first-order valence-corrected chi connectivity index (χ1v) is 23.0. The number of carbonyl (C=O) groups is 2. The van der Waals surface area contributed by atoms with Crippen molar-refractivity contribution in [3.05, 3.63) is 36.5 Å². The zero-order valence-electron chi connectivity index (χ0n) is 34.5. The molecule has 0 aromatic rings. The highest BCUT2D eigenvalue weighted by Crippen LogP contribution is 2.43. The molecule has 0 radical (unpaired) electrons. The van der Waals surface area contributed by atoms with E-state index < -0.39 is 51.8 Å². The van der Waals surface area contributed by atoms with Gasteiger partial charge in [0.1, 0.15) is 12.7 Å². The lowest BCUT2D eigenvalue weighted by Crippen LogP contribution is -2.30. The molecule has 0 aromatic heterocycles. The first-order valence-electron chi connectivity index (χ1n) is 21.5. The molecule has 0 aliphatic carbocycles. The number of ether oxygens (including phenoxy) is 3. The molecule has 1 rings (SSSR count). The normalized spacial score (nSPS) is 18.5. The summed E-state index contributed by atoms with van der Waals surface area (Å²) in [7, 11) is -4.64. The highest BCUT2D eigenvalue weighted by molar-refractivity contribution is 7.47. The van der Waals surface area contributed by atoms with Crippen LogP contribution in [-0.2, 0) is 37.4 Å². The molecule has 1 heterocycles. The fourth-order valence-electron chi connectivity index (χ4n) is 5.94. The van der Waals surface area contributed by atoms with E-state index >= 15 is 0 Å². The fraction of sp³-hybridized carbons (Fsp3) is 0.814. The monoisotopic (exact) mass is 801 g/mol. The van der Waals surface area contributed by atoms with Crippen LogP contribution < -0.4 is 0 Å². The summed E-state index contributed by atoms with van der Waals surface area (Å²) in [5.41, 5.74) is 0. The number of hydrogen-bond donors (Lipinski definition) is 3. The summed E-state index contributed by atoms with van der Waals surface area (Å²) in [5, 5.41) is 18.3. The zero-order chi connectivity index (χ0) is 40.4. The maximum absolute atomic E-state index is 12.7. The van der Waals surface area contributed by atoms with E-state index in [0.29, 0.717) is 19.3 Å². The van der Waals surface area contributed by atoms with Crippen LogP contribution in [0.2, 0.25) is 0 Å². The van der Waals surface area contributed by atoms with Crippen molar-refractivity contribution in [1.82, 2.24) is 0 Å². The molecule has 55 heavy (non-hydrogen) atoms. The van der Waals surface area contributed by atoms with E-state index in [0.717, 1.165) is 50.9 Å². The maximum Gasteiger partial charge on any atom is 0.472 e. The van der Waals surface area contributed by atoms with Gasteiger partial charge in [0.25, 0.3) is 0 Å². The lowest BCUT2D eigenvalue weighted by molar-refractivity contribution is -0.161. The van der Waals surface area contributed by atoms with Crippen LogP contribution in [0.4, 0.5) is 0 Å². The van der Waals surface area contributed by atoms with Crippen LogP contribution >= 0.6 is 7.82 Å². The summed E-state index contributed by atoms with van der Waals surface area (Å²) in [4.78, 5) is 35.1. The molecule has 0 bridgehead atoms. The molecule has 1 aliphatic rings. The Morgan fingerprint density at radius 2 is 1.33 bits per heavy atom. The molecule has 1 saturated heterocycles. The number of aliphatic hydroxyl groups excluding tert-OH is 2. The number of unbranched alkanes of at least 4 members (excludes halogenated alkanes) is 12. The van der Waals surface area contributed by atoms with Gasteiger partial charge in [-0.25, -0.2) is 4.57 Å². The first kappa shape index (κ1) is 51.2. The van der Waals surface area contributed by atoms with Crippen LogP contribution in [-0.4, -0.2) is 77.9 Å². The Labute approximate surface area is 333 Å². The van der Waals surface area contributed by atoms with Crippen LogP contribution in [0, 0.1) is 5.92 Å². The molecule has 3 N–H and O–H groups in total. The van der Waals surface area contributed by atoms with Gasteiger partial charge >= 0.3 is 19.8 Å². The molecule has 11 nitrogen and oxygen atoms in total. The molecule has 1 aliphatic heterocycles. The Kier molecular flexibility index (Phi) is 31.8. The van der Waals surface area contributed by atoms with Crippen molar-refractivity contribution >= 4 is 19.8 Å². The fourth-order valence-corrected chi connectivity index (χ4v) is 6.73. The summed E-state index contributed by atoms with van der Waals surface area (Å²) in [6.45, 7) is 4.60. The second kappa shape index (κ2) is 34.2. The Balaban J connectivity index is 2.32. The quantitative estimate of drug-likeness (QED) is 0.0179. The molecular weight excluding hydrogens is 723 g/mol. The lowest BCUT2D eigenvalue weighted by atomic mass is 9.99. The largest absolute Gasteiger partial charge is 0.472 e. The van der Waals surface area contributed by atoms with Crippen LogP contribution in [0.15, 0.2) is 36.5 Å². The number of carbonyl (C=O) groups excluding carboxylic acids is 2. The summed E-state index contributed by atoms with van der Waals surface area (Å²) < 4.78 is 38.5. The molecule has 12 heteroatoms. The predicted octanol–water partition coefficient (Wildman–Crippen LogP) is 10.0. The molecule has 320 valence electrons. The third-order valence-corrected chi connectivity index (χ3v) is 10.7. The van der Waals surface area contributed by atoms with Crippen molar-refractivity contribution in [3.63, 3.8) is 0 Å². The number of aliphatic hydroxyl groups is 2. The van der Waals surface area contributed by atoms with Crippen LogP contribution in [0.1, 0.15) is 168 Å². The summed E-state index contributed by atoms with van der Waals surface area (Å²) in [5.74, 6) is -0.164. The van der Waals surface area contributed by atoms with Crippen LogP contribution in [0.3, 0.4) is 0 Å². The highest BCUT2D eigenvalue weighted by Gasteiger charge is 2.37. The molecule has 0 amide bonds. The van der Waals surface area contributed by atoms with E-state index in [1.54, 1.807) is 0 Å². The van der Waals surface area contributed by atoms with E-state index in [1.807, 2.05) is 0 Å². The lowest BCUT2D eigenvalue weighted by Gasteiger charge is -2.20. The van der Waals surface area contributed by atoms with Gasteiger partial charge in [-0.1, -0.05) is 141 Å². The Hall–Kier alpha value is -1.85. The Morgan fingerprint density at radius 1 is 0.727 bits per heavy atom. The minimum Gasteiger partial charge on any atom is -0.462 e. The zero-order valence-corrected chi connectivity index (χ0v) is 35.4. The van der Waals surface area contributed by atoms with Gasteiger partial charge in [0.05, 0.1) is 32.0 Å². The molecule has 0 spiro atoms. The predicted molar refractivity (Wildman–Crippen MR) is 218 cm³/mol. The van der Waals surface area contributed by atoms with E-state index in [2.05, 4.69) is 61.8 Å². The first-order chi connectivity index (χ1) is 26.6. The van der Waals surface area contributed by atoms with Crippen molar-refractivity contribution in [1.29, 1.82) is 0 Å². The second-order valence-electron chi connectivity index (χ2n) is 15.0. The molecule has 6 atom stereocenters. The summed E-state index contributed by atoms with van der Waals surface area (Å²) >= 11 is 0. The number of rotatable bonds is 38. The van der Waals surface area contributed by atoms with Gasteiger partial charge in [-0.05, 0) is 57.3 Å². The van der Waals surface area contributed by atoms with Gasteiger partial charge in [-0.2, -0.15) is 0 Å². The molecule has 0 aromatic carbocycles. The van der Waals surface area contributed by atoms with Gasteiger partial charge in [0.15, 0.2) is 6.10 Å². The van der Waals surface area contributed by atoms with E-state index in [4.69, 9.17) is 23.8 Å². The Morgan fingerprint density at radius 3 is 1.98 bits per heavy atom. The van der Waals surface area contributed by atoms with Crippen LogP contribution in [0.25, 0.3) is 0 Å². The molecule has 4 unspecified atom stereocenters. The van der Waals surface area contributed by atoms with Gasteiger partial charge in [0.2, 0.25) is 0 Å². The number of esters is 2. The summed E-state index contributed by atoms with van der Waals surface area (Å²) in [6, 6.07) is 0. The molecular formula is C43H77O11P. The van der Waals surface area contributed by atoms with Crippen molar-refractivity contribution < 1.29 is 52.5 Å². The standard InChI is InChI=1S/C43H77O11P/c1-4-6-7-8-9-10-11-12-16-19-22-25-29-40-41(54-40)30-27-32-43(47)53-39(36-52-55(48,49)51-34-38(45)33-44)35-50-42(46)31-26-23-20-17-14-13-15-18-21-24-28-37(3)5-2/h9-10,12,16,22,25,37-41,44-45H,4-8,11,13-15,17-21,23-24,26-36H2,1-3H3,(H,48,49)/b10-9-,16-12-,25-22-/t37?,38-,39+,40?,41?/m0/s1. The van der Waals surface area contributed by atoms with Crippen molar-refractivity contribution in [2.24, 2.45) is 5.92 Å². The SMILES string of the molecule is CCCCC/C=C\C/C=C\C/C=C\CC1OC1CCCC(=O)O[C@H](COC(=O)CCCCCCCCCCCCC(C)CC)COP(=O)(O)OC[C@@H](O)CO. The second-order valence-corrected chi connectivity index (χ2v) is 16.5. The van der Waals surface area contributed by atoms with Gasteiger partial charge in [-0.15, -0.1) is 0 Å². The van der Waals surface area contributed by atoms with Gasteiger partial charge in [-0.3, -0.25) is 18.6 Å². The highest BCUT2D eigenvalue weighted by atomic mass is 31.2. The average Bonchev–Trinajstić information content (AvgIpc) is 3.93. The number of epoxide rings is 1. The third-order valence-electron chi connectivity index (χ3n) is 9.76. The van der Waals surface area contributed by atoms with Crippen molar-refractivity contribution in [3.8, 4) is 0 Å². The average molecular weight is 801 g/mol. The van der Waals surface area contributed by atoms with Crippen molar-refractivity contribution in [2.75, 3.05) is 26.4 Å². The number of hydrogen-bond acceptors (Lipinski definition) is 10. The minimum atomic E-state index is -4.64. The number of phosphoric acid groups is 1. The number of allylic oxidation sites excluding steroid dienone is 5. The summed E-state index contributed by atoms with van der Waals surface area (Å²) in [6.07, 6.45) is 34.1. The molecule has 0 saturated carbocycles. The molecule has 1 fully saturated rings. The van der Waals surface area contributed by atoms with Crippen LogP contribution in [0.5, 0.6) is 0 Å². The topological polar surface area (TPSA) is 161 Å². The smallest absolute Gasteiger partial charge is 0.462 e. The minimum absolute atomic E-state index is 0.0896. The maximum atomic E-state index is 12.7. The van der Waals surface area contributed by atoms with Gasteiger partial charge in [0, 0.05) is 12.8 Å². The van der Waals surface area contributed by atoms with Gasteiger partial charge < -0.3 is 29.3 Å². The Bertz CT molecular complexity index is 1090. The van der Waals surface area contributed by atoms with Crippen molar-refractivity contribution in [2.45, 2.75) is 193 Å². The van der Waals surface area contributed by atoms with E-state index in [9.17, 15) is 24.2 Å². The third kappa shape index (κ3) is 31.9. The van der Waals surface area contributed by atoms with E-state index in [1.165, 1.54) is 70.6 Å².